The van der Waals surface area contributed by atoms with Gasteiger partial charge in [-0.25, -0.2) is 8.42 Å². The molecule has 0 saturated carbocycles. The number of hydrogen-bond donors (Lipinski definition) is 2. The number of hydrogen-bond acceptors (Lipinski definition) is 6. The third kappa shape index (κ3) is 3.96. The van der Waals surface area contributed by atoms with Gasteiger partial charge in [0.15, 0.2) is 11.6 Å². The summed E-state index contributed by atoms with van der Waals surface area (Å²) in [7, 11) is -3.73. The Bertz CT molecular complexity index is 1060. The molecule has 0 radical (unpaired) electrons. The predicted molar refractivity (Wildman–Crippen MR) is 98.5 cm³/mol. The maximum absolute atomic E-state index is 12.4. The molecule has 8 heteroatoms. The summed E-state index contributed by atoms with van der Waals surface area (Å²) in [6, 6.07) is 18.7. The fourth-order valence-electron chi connectivity index (χ4n) is 2.28. The second kappa shape index (κ2) is 7.21. The Morgan fingerprint density at radius 3 is 2.19 bits per heavy atom. The summed E-state index contributed by atoms with van der Waals surface area (Å²) in [4.78, 5) is 0.196. The molecular weight excluding hydrogens is 350 g/mol. The molecule has 0 aliphatic carbocycles. The van der Waals surface area contributed by atoms with Gasteiger partial charge in [-0.2, -0.15) is 5.26 Å². The van der Waals surface area contributed by atoms with E-state index in [0.717, 1.165) is 5.69 Å². The molecule has 2 N–H and O–H groups in total. The highest BCUT2D eigenvalue weighted by molar-refractivity contribution is 7.92. The number of sulfonamides is 1. The second-order valence-corrected chi connectivity index (χ2v) is 7.14. The topological polar surface area (TPSA) is 108 Å². The van der Waals surface area contributed by atoms with Crippen molar-refractivity contribution in [3.8, 4) is 6.07 Å². The number of rotatable bonds is 5. The van der Waals surface area contributed by atoms with Crippen molar-refractivity contribution in [1.82, 2.24) is 10.2 Å². The highest BCUT2D eigenvalue weighted by Gasteiger charge is 2.17. The third-order valence-electron chi connectivity index (χ3n) is 3.57. The largest absolute Gasteiger partial charge is 0.339 e. The third-order valence-corrected chi connectivity index (χ3v) is 5.09. The Morgan fingerprint density at radius 2 is 1.58 bits per heavy atom. The number of anilines is 3. The first-order valence-electron chi connectivity index (χ1n) is 7.67. The van der Waals surface area contributed by atoms with Crippen LogP contribution in [0.2, 0.25) is 0 Å². The Hall–Kier alpha value is -3.44. The molecule has 3 rings (SSSR count). The van der Waals surface area contributed by atoms with Gasteiger partial charge in [-0.05, 0) is 55.0 Å². The Morgan fingerprint density at radius 1 is 0.923 bits per heavy atom. The monoisotopic (exact) mass is 365 g/mol. The van der Waals surface area contributed by atoms with E-state index in [2.05, 4.69) is 20.2 Å². The van der Waals surface area contributed by atoms with E-state index in [-0.39, 0.29) is 10.7 Å². The summed E-state index contributed by atoms with van der Waals surface area (Å²) in [6.45, 7) is 1.73. The highest BCUT2D eigenvalue weighted by Crippen LogP contribution is 2.19. The van der Waals surface area contributed by atoms with Crippen molar-refractivity contribution in [3.63, 3.8) is 0 Å². The predicted octanol–water partition coefficient (Wildman–Crippen LogP) is 3.20. The molecule has 0 fully saturated rings. The van der Waals surface area contributed by atoms with Crippen molar-refractivity contribution in [2.45, 2.75) is 11.8 Å². The van der Waals surface area contributed by atoms with Crippen LogP contribution >= 0.6 is 0 Å². The zero-order valence-electron chi connectivity index (χ0n) is 13.8. The van der Waals surface area contributed by atoms with Crippen LogP contribution < -0.4 is 10.0 Å². The normalized spacial score (nSPS) is 10.8. The average Bonchev–Trinajstić information content (AvgIpc) is 2.64. The number of benzene rings is 2. The number of aromatic nitrogens is 2. The van der Waals surface area contributed by atoms with Gasteiger partial charge in [-0.15, -0.1) is 10.2 Å². The Kier molecular flexibility index (Phi) is 4.82. The smallest absolute Gasteiger partial charge is 0.263 e. The van der Waals surface area contributed by atoms with Crippen molar-refractivity contribution in [2.24, 2.45) is 0 Å². The fourth-order valence-corrected chi connectivity index (χ4v) is 3.52. The zero-order chi connectivity index (χ0) is 18.6. The van der Waals surface area contributed by atoms with Crippen LogP contribution in [0.5, 0.6) is 0 Å². The van der Waals surface area contributed by atoms with E-state index in [9.17, 15) is 8.42 Å². The molecule has 0 spiro atoms. The van der Waals surface area contributed by atoms with E-state index in [0.29, 0.717) is 16.9 Å². The lowest BCUT2D eigenvalue weighted by Gasteiger charge is -2.10. The number of aryl methyl sites for hydroxylation is 1. The lowest BCUT2D eigenvalue weighted by molar-refractivity contribution is 0.600. The van der Waals surface area contributed by atoms with Crippen LogP contribution in [0.25, 0.3) is 0 Å². The summed E-state index contributed by atoms with van der Waals surface area (Å²) < 4.78 is 27.3. The van der Waals surface area contributed by atoms with Gasteiger partial charge in [0.25, 0.3) is 10.0 Å². The van der Waals surface area contributed by atoms with Crippen molar-refractivity contribution >= 4 is 27.3 Å². The molecule has 0 unspecified atom stereocenters. The van der Waals surface area contributed by atoms with Crippen molar-refractivity contribution in [3.05, 3.63) is 71.8 Å². The van der Waals surface area contributed by atoms with Crippen LogP contribution in [-0.2, 0) is 10.0 Å². The molecule has 0 bridgehead atoms. The van der Waals surface area contributed by atoms with Gasteiger partial charge >= 0.3 is 0 Å². The van der Waals surface area contributed by atoms with E-state index in [1.807, 2.05) is 6.07 Å². The lowest BCUT2D eigenvalue weighted by Crippen LogP contribution is -2.15. The molecule has 1 aromatic heterocycles. The van der Waals surface area contributed by atoms with Gasteiger partial charge in [-0.3, -0.25) is 4.72 Å². The van der Waals surface area contributed by atoms with E-state index in [1.54, 1.807) is 55.5 Å². The van der Waals surface area contributed by atoms with E-state index >= 15 is 0 Å². The molecule has 3 aromatic rings. The van der Waals surface area contributed by atoms with Gasteiger partial charge in [0.1, 0.15) is 0 Å². The van der Waals surface area contributed by atoms with Crippen LogP contribution in [0.3, 0.4) is 0 Å². The first-order chi connectivity index (χ1) is 12.5. The fraction of sp³-hybridized carbons (Fsp3) is 0.0556. The SMILES string of the molecule is Cc1ccccc1S(=O)(=O)Nc1ccc(Nc2ccc(C#N)cc2)nn1. The molecule has 2 aromatic carbocycles. The van der Waals surface area contributed by atoms with Gasteiger partial charge in [0, 0.05) is 5.69 Å². The lowest BCUT2D eigenvalue weighted by atomic mass is 10.2. The van der Waals surface area contributed by atoms with E-state index in [4.69, 9.17) is 5.26 Å². The Balaban J connectivity index is 1.73. The van der Waals surface area contributed by atoms with Crippen LogP contribution in [0.15, 0.2) is 65.6 Å². The molecular formula is C18H15N5O2S. The molecule has 130 valence electrons. The van der Waals surface area contributed by atoms with Gasteiger partial charge < -0.3 is 5.32 Å². The van der Waals surface area contributed by atoms with Crippen molar-refractivity contribution < 1.29 is 8.42 Å². The summed E-state index contributed by atoms with van der Waals surface area (Å²) >= 11 is 0. The van der Waals surface area contributed by atoms with Gasteiger partial charge in [0.2, 0.25) is 0 Å². The number of nitrogens with one attached hydrogen (secondary N) is 2. The summed E-state index contributed by atoms with van der Waals surface area (Å²) in [5, 5.41) is 19.7. The summed E-state index contributed by atoms with van der Waals surface area (Å²) in [5.74, 6) is 0.576. The van der Waals surface area contributed by atoms with Gasteiger partial charge in [-0.1, -0.05) is 18.2 Å². The Labute approximate surface area is 151 Å². The first-order valence-corrected chi connectivity index (χ1v) is 9.15. The minimum absolute atomic E-state index is 0.124. The quantitative estimate of drug-likeness (QED) is 0.719. The molecule has 0 aliphatic rings. The van der Waals surface area contributed by atoms with E-state index < -0.39 is 10.0 Å². The molecule has 0 amide bonds. The highest BCUT2D eigenvalue weighted by atomic mass is 32.2. The van der Waals surface area contributed by atoms with Gasteiger partial charge in [0.05, 0.1) is 16.5 Å². The average molecular weight is 365 g/mol. The first kappa shape index (κ1) is 17.4. The molecule has 0 atom stereocenters. The molecule has 0 saturated heterocycles. The van der Waals surface area contributed by atoms with Crippen LogP contribution in [0, 0.1) is 18.3 Å². The minimum Gasteiger partial charge on any atom is -0.339 e. The summed E-state index contributed by atoms with van der Waals surface area (Å²) in [6.07, 6.45) is 0. The minimum atomic E-state index is -3.73. The maximum atomic E-state index is 12.4. The molecule has 0 aliphatic heterocycles. The summed E-state index contributed by atoms with van der Waals surface area (Å²) in [5.41, 5.74) is 1.95. The standard InChI is InChI=1S/C18H15N5O2S/c1-13-4-2-3-5-16(13)26(24,25)23-18-11-10-17(21-22-18)20-15-8-6-14(12-19)7-9-15/h2-11H,1H3,(H,20,21)(H,22,23). The number of nitrogens with zero attached hydrogens (tertiary/aromatic N) is 3. The van der Waals surface area contributed by atoms with Crippen LogP contribution in [0.1, 0.15) is 11.1 Å². The molecule has 26 heavy (non-hydrogen) atoms. The second-order valence-electron chi connectivity index (χ2n) is 5.49. The molecule has 7 nitrogen and oxygen atoms in total. The van der Waals surface area contributed by atoms with Crippen LogP contribution in [0.4, 0.5) is 17.3 Å². The molecule has 1 heterocycles. The zero-order valence-corrected chi connectivity index (χ0v) is 14.7. The van der Waals surface area contributed by atoms with Crippen molar-refractivity contribution in [1.29, 1.82) is 5.26 Å². The maximum Gasteiger partial charge on any atom is 0.263 e. The number of nitriles is 1. The van der Waals surface area contributed by atoms with Crippen LogP contribution in [-0.4, -0.2) is 18.6 Å². The van der Waals surface area contributed by atoms with E-state index in [1.165, 1.54) is 12.1 Å². The van der Waals surface area contributed by atoms with Crippen molar-refractivity contribution in [2.75, 3.05) is 10.0 Å².